The normalized spacial score (nSPS) is 25.6. The topological polar surface area (TPSA) is 12.0 Å². The fraction of sp³-hybridized carbons (Fsp3) is 0.714. The molecule has 2 atom stereocenters. The van der Waals surface area contributed by atoms with E-state index in [-0.39, 0.29) is 0 Å². The number of halogens is 1. The lowest BCUT2D eigenvalue weighted by atomic mass is 9.93. The van der Waals surface area contributed by atoms with Gasteiger partial charge in [0.05, 0.1) is 4.34 Å². The number of rotatable bonds is 4. The van der Waals surface area contributed by atoms with Crippen molar-refractivity contribution in [3.05, 3.63) is 20.8 Å². The summed E-state index contributed by atoms with van der Waals surface area (Å²) >= 11 is 7.91. The molecule has 1 nitrogen and oxygen atoms in total. The third-order valence-corrected chi connectivity index (χ3v) is 5.29. The molecule has 0 aromatic carbocycles. The minimum atomic E-state index is 0.552. The summed E-state index contributed by atoms with van der Waals surface area (Å²) in [5, 5.41) is 3.81. The van der Waals surface area contributed by atoms with Crippen LogP contribution in [0.15, 0.2) is 6.07 Å². The van der Waals surface area contributed by atoms with Gasteiger partial charge in [0.1, 0.15) is 0 Å². The minimum Gasteiger partial charge on any atom is -0.307 e. The van der Waals surface area contributed by atoms with E-state index in [2.05, 4.69) is 18.3 Å². The lowest BCUT2D eigenvalue weighted by molar-refractivity contribution is 0.387. The fourth-order valence-electron chi connectivity index (χ4n) is 2.96. The van der Waals surface area contributed by atoms with Crippen LogP contribution in [0.3, 0.4) is 0 Å². The average Bonchev–Trinajstić information content (AvgIpc) is 2.98. The van der Waals surface area contributed by atoms with Crippen molar-refractivity contribution in [2.45, 2.75) is 57.5 Å². The van der Waals surface area contributed by atoms with Crippen LogP contribution < -0.4 is 5.32 Å². The summed E-state index contributed by atoms with van der Waals surface area (Å²) in [6, 6.07) is 3.38. The van der Waals surface area contributed by atoms with Gasteiger partial charge in [-0.15, -0.1) is 11.3 Å². The van der Waals surface area contributed by atoms with E-state index >= 15 is 0 Å². The van der Waals surface area contributed by atoms with Crippen molar-refractivity contribution < 1.29 is 0 Å². The first-order valence-electron chi connectivity index (χ1n) is 6.76. The number of nitrogens with one attached hydrogen (secondary N) is 1. The molecule has 1 fully saturated rings. The molecule has 3 rings (SSSR count). The monoisotopic (exact) mass is 269 g/mol. The maximum Gasteiger partial charge on any atom is 0.0934 e. The molecule has 0 aliphatic heterocycles. The molecule has 1 saturated carbocycles. The Balaban J connectivity index is 1.66. The van der Waals surface area contributed by atoms with Crippen LogP contribution in [0.5, 0.6) is 0 Å². The highest BCUT2D eigenvalue weighted by Crippen LogP contribution is 2.39. The van der Waals surface area contributed by atoms with Crippen molar-refractivity contribution in [1.82, 2.24) is 5.32 Å². The molecule has 1 N–H and O–H groups in total. The Morgan fingerprint density at radius 3 is 3.06 bits per heavy atom. The zero-order valence-corrected chi connectivity index (χ0v) is 11.9. The molecule has 0 bridgehead atoms. The number of thiophene rings is 1. The molecule has 2 aliphatic carbocycles. The highest BCUT2D eigenvalue weighted by molar-refractivity contribution is 7.16. The molecule has 0 spiro atoms. The molecule has 1 aromatic rings. The van der Waals surface area contributed by atoms with E-state index in [0.29, 0.717) is 12.1 Å². The van der Waals surface area contributed by atoms with Crippen LogP contribution in [0.4, 0.5) is 0 Å². The number of fused-ring (bicyclic) bond motifs is 1. The molecule has 2 unspecified atom stereocenters. The van der Waals surface area contributed by atoms with Gasteiger partial charge in [0.15, 0.2) is 0 Å². The Morgan fingerprint density at radius 1 is 1.47 bits per heavy atom. The Morgan fingerprint density at radius 2 is 2.29 bits per heavy atom. The molecular weight excluding hydrogens is 250 g/mol. The number of hydrogen-bond donors (Lipinski definition) is 1. The van der Waals surface area contributed by atoms with Gasteiger partial charge in [0, 0.05) is 17.0 Å². The predicted octanol–water partition coefficient (Wildman–Crippen LogP) is 4.56. The second-order valence-electron chi connectivity index (χ2n) is 5.62. The summed E-state index contributed by atoms with van der Waals surface area (Å²) in [5.41, 5.74) is 1.48. The maximum atomic E-state index is 6.14. The number of hydrogen-bond acceptors (Lipinski definition) is 2. The smallest absolute Gasteiger partial charge is 0.0934 e. The largest absolute Gasteiger partial charge is 0.307 e. The van der Waals surface area contributed by atoms with Gasteiger partial charge in [-0.2, -0.15) is 0 Å². The van der Waals surface area contributed by atoms with Crippen molar-refractivity contribution >= 4 is 22.9 Å². The molecule has 2 aliphatic rings. The molecular formula is C14H20ClNS. The van der Waals surface area contributed by atoms with Gasteiger partial charge < -0.3 is 5.32 Å². The second kappa shape index (κ2) is 4.91. The van der Waals surface area contributed by atoms with Crippen LogP contribution in [-0.2, 0) is 6.42 Å². The van der Waals surface area contributed by atoms with Crippen LogP contribution in [-0.4, -0.2) is 6.04 Å². The molecule has 0 saturated heterocycles. The highest BCUT2D eigenvalue weighted by Gasteiger charge is 2.27. The van der Waals surface area contributed by atoms with Gasteiger partial charge in [-0.3, -0.25) is 0 Å². The molecule has 17 heavy (non-hydrogen) atoms. The summed E-state index contributed by atoms with van der Waals surface area (Å²) in [6.07, 6.45) is 8.05. The number of aryl methyl sites for hydroxylation is 1. The molecule has 94 valence electrons. The average molecular weight is 270 g/mol. The first kappa shape index (κ1) is 12.0. The zero-order chi connectivity index (χ0) is 11.8. The third-order valence-electron chi connectivity index (χ3n) is 3.95. The van der Waals surface area contributed by atoms with E-state index in [0.717, 1.165) is 10.3 Å². The van der Waals surface area contributed by atoms with Gasteiger partial charge in [0.2, 0.25) is 0 Å². The van der Waals surface area contributed by atoms with Gasteiger partial charge in [-0.1, -0.05) is 24.4 Å². The molecule has 0 amide bonds. The van der Waals surface area contributed by atoms with Crippen LogP contribution in [0.1, 0.15) is 55.5 Å². The molecule has 1 heterocycles. The fourth-order valence-corrected chi connectivity index (χ4v) is 4.34. The van der Waals surface area contributed by atoms with E-state index in [9.17, 15) is 0 Å². The van der Waals surface area contributed by atoms with Crippen LogP contribution in [0.25, 0.3) is 0 Å². The summed E-state index contributed by atoms with van der Waals surface area (Å²) < 4.78 is 0.957. The Kier molecular flexibility index (Phi) is 3.47. The highest BCUT2D eigenvalue weighted by atomic mass is 35.5. The van der Waals surface area contributed by atoms with Crippen molar-refractivity contribution in [3.63, 3.8) is 0 Å². The Bertz CT molecular complexity index is 397. The van der Waals surface area contributed by atoms with Gasteiger partial charge in [-0.05, 0) is 50.2 Å². The quantitative estimate of drug-likeness (QED) is 0.845. The summed E-state index contributed by atoms with van der Waals surface area (Å²) in [4.78, 5) is 1.51. The van der Waals surface area contributed by atoms with Crippen LogP contribution >= 0.6 is 22.9 Å². The van der Waals surface area contributed by atoms with Gasteiger partial charge in [0.25, 0.3) is 0 Å². The lowest BCUT2D eigenvalue weighted by Crippen LogP contribution is -2.32. The molecule has 3 heteroatoms. The third kappa shape index (κ3) is 2.86. The standard InChI is InChI=1S/C14H20ClNS/c1-9(7-10-5-6-10)16-12-3-2-4-13-11(12)8-14(15)17-13/h8-10,12,16H,2-7H2,1H3. The van der Waals surface area contributed by atoms with Crippen molar-refractivity contribution in [2.75, 3.05) is 0 Å². The zero-order valence-electron chi connectivity index (χ0n) is 10.3. The minimum absolute atomic E-state index is 0.552. The van der Waals surface area contributed by atoms with Gasteiger partial charge >= 0.3 is 0 Å². The van der Waals surface area contributed by atoms with Gasteiger partial charge in [-0.25, -0.2) is 0 Å². The van der Waals surface area contributed by atoms with E-state index in [1.165, 1.54) is 49.0 Å². The summed E-state index contributed by atoms with van der Waals surface area (Å²) in [5.74, 6) is 1.01. The lowest BCUT2D eigenvalue weighted by Gasteiger charge is -2.27. The Labute approximate surface area is 113 Å². The second-order valence-corrected chi connectivity index (χ2v) is 7.39. The maximum absolute atomic E-state index is 6.14. The first-order valence-corrected chi connectivity index (χ1v) is 7.96. The van der Waals surface area contributed by atoms with Crippen molar-refractivity contribution in [1.29, 1.82) is 0 Å². The van der Waals surface area contributed by atoms with E-state index in [4.69, 9.17) is 11.6 Å². The van der Waals surface area contributed by atoms with E-state index < -0.39 is 0 Å². The molecule has 1 aromatic heterocycles. The van der Waals surface area contributed by atoms with E-state index in [1.807, 2.05) is 0 Å². The summed E-state index contributed by atoms with van der Waals surface area (Å²) in [7, 11) is 0. The first-order chi connectivity index (χ1) is 8.22. The van der Waals surface area contributed by atoms with Crippen molar-refractivity contribution in [2.24, 2.45) is 5.92 Å². The van der Waals surface area contributed by atoms with Crippen LogP contribution in [0, 0.1) is 5.92 Å². The Hall–Kier alpha value is -0.0500. The molecule has 0 radical (unpaired) electrons. The summed E-state index contributed by atoms with van der Waals surface area (Å²) in [6.45, 7) is 2.33. The van der Waals surface area contributed by atoms with Crippen molar-refractivity contribution in [3.8, 4) is 0 Å². The van der Waals surface area contributed by atoms with Crippen LogP contribution in [0.2, 0.25) is 4.34 Å². The van der Waals surface area contributed by atoms with E-state index in [1.54, 1.807) is 11.3 Å². The SMILES string of the molecule is CC(CC1CC1)NC1CCCc2sc(Cl)cc21. The predicted molar refractivity (Wildman–Crippen MR) is 74.9 cm³/mol.